The number of rotatable bonds is 1. The Morgan fingerprint density at radius 1 is 1.50 bits per heavy atom. The molecule has 62 valence electrons. The standard InChI is InChI=1S/C9H9F.CHN/c1-3-8-4-5-9(10)6-7(8)2;1-2/h3-6H,1H2,2H3;1H. The first-order valence-electron chi connectivity index (χ1n) is 3.38. The van der Waals surface area contributed by atoms with Crippen LogP contribution in [0.5, 0.6) is 0 Å². The maximum Gasteiger partial charge on any atom is 0.123 e. The lowest BCUT2D eigenvalue weighted by atomic mass is 10.1. The second-order valence-electron chi connectivity index (χ2n) is 2.21. The van der Waals surface area contributed by atoms with Crippen LogP contribution < -0.4 is 0 Å². The van der Waals surface area contributed by atoms with Gasteiger partial charge in [0.05, 0.1) is 0 Å². The van der Waals surface area contributed by atoms with E-state index in [-0.39, 0.29) is 5.82 Å². The number of aryl methyl sites for hydroxylation is 1. The Labute approximate surface area is 71.8 Å². The number of nitrogens with zero attached hydrogens (tertiary/aromatic N) is 1. The Balaban J connectivity index is 0.000000561. The quantitative estimate of drug-likeness (QED) is 0.624. The second kappa shape index (κ2) is 5.09. The summed E-state index contributed by atoms with van der Waals surface area (Å²) in [5, 5.41) is 6.50. The molecule has 0 aromatic heterocycles. The van der Waals surface area contributed by atoms with Crippen molar-refractivity contribution >= 4 is 6.08 Å². The monoisotopic (exact) mass is 163 g/mol. The summed E-state index contributed by atoms with van der Waals surface area (Å²) in [6, 6.07) is 4.65. The molecule has 0 aliphatic heterocycles. The molecule has 1 nitrogen and oxygen atoms in total. The zero-order valence-electron chi connectivity index (χ0n) is 6.92. The summed E-state index contributed by atoms with van der Waals surface area (Å²) in [6.45, 7) is 8.96. The summed E-state index contributed by atoms with van der Waals surface area (Å²) < 4.78 is 12.4. The van der Waals surface area contributed by atoms with Crippen LogP contribution in [0.15, 0.2) is 24.8 Å². The summed E-state index contributed by atoms with van der Waals surface area (Å²) in [4.78, 5) is 0. The molecule has 0 aliphatic carbocycles. The molecule has 0 saturated heterocycles. The van der Waals surface area contributed by atoms with E-state index in [9.17, 15) is 4.39 Å². The van der Waals surface area contributed by atoms with Crippen molar-refractivity contribution in [3.63, 3.8) is 0 Å². The molecule has 0 bridgehead atoms. The van der Waals surface area contributed by atoms with Gasteiger partial charge in [0.2, 0.25) is 0 Å². The SMILES string of the molecule is C#N.C=Cc1ccc(F)cc1C. The van der Waals surface area contributed by atoms with Crippen molar-refractivity contribution in [3.05, 3.63) is 41.7 Å². The molecule has 1 aromatic carbocycles. The van der Waals surface area contributed by atoms with Gasteiger partial charge in [-0.05, 0) is 30.2 Å². The number of hydrogen-bond acceptors (Lipinski definition) is 1. The molecule has 0 spiro atoms. The topological polar surface area (TPSA) is 23.8 Å². The molecule has 0 unspecified atom stereocenters. The molecule has 0 heterocycles. The van der Waals surface area contributed by atoms with Gasteiger partial charge in [-0.3, -0.25) is 0 Å². The highest BCUT2D eigenvalue weighted by Gasteiger charge is 1.93. The molecule has 1 rings (SSSR count). The van der Waals surface area contributed by atoms with E-state index in [2.05, 4.69) is 13.2 Å². The Morgan fingerprint density at radius 3 is 2.50 bits per heavy atom. The van der Waals surface area contributed by atoms with Gasteiger partial charge in [0.25, 0.3) is 0 Å². The van der Waals surface area contributed by atoms with Crippen molar-refractivity contribution in [2.75, 3.05) is 0 Å². The van der Waals surface area contributed by atoms with Crippen LogP contribution in [0.1, 0.15) is 11.1 Å². The van der Waals surface area contributed by atoms with Crippen LogP contribution in [0.2, 0.25) is 0 Å². The first-order chi connectivity index (χ1) is 5.74. The number of nitriles is 1. The van der Waals surface area contributed by atoms with Gasteiger partial charge in [-0.2, -0.15) is 0 Å². The summed E-state index contributed by atoms with van der Waals surface area (Å²) in [5.41, 5.74) is 1.91. The Hall–Kier alpha value is -1.62. The largest absolute Gasteiger partial charge is 0.207 e. The zero-order valence-corrected chi connectivity index (χ0v) is 6.92. The van der Waals surface area contributed by atoms with Gasteiger partial charge in [0.15, 0.2) is 0 Å². The highest BCUT2D eigenvalue weighted by Crippen LogP contribution is 2.10. The first kappa shape index (κ1) is 10.4. The van der Waals surface area contributed by atoms with E-state index in [1.165, 1.54) is 12.1 Å². The predicted molar refractivity (Wildman–Crippen MR) is 47.9 cm³/mol. The van der Waals surface area contributed by atoms with Crippen LogP contribution in [-0.4, -0.2) is 0 Å². The molecule has 1 aromatic rings. The van der Waals surface area contributed by atoms with Crippen molar-refractivity contribution in [2.45, 2.75) is 6.92 Å². The fourth-order valence-corrected chi connectivity index (χ4v) is 0.868. The smallest absolute Gasteiger partial charge is 0.123 e. The van der Waals surface area contributed by atoms with Gasteiger partial charge in [-0.1, -0.05) is 18.7 Å². The van der Waals surface area contributed by atoms with Gasteiger partial charge < -0.3 is 0 Å². The minimum absolute atomic E-state index is 0.192. The summed E-state index contributed by atoms with van der Waals surface area (Å²) in [5.74, 6) is -0.192. The van der Waals surface area contributed by atoms with Gasteiger partial charge in [0.1, 0.15) is 5.82 Å². The minimum Gasteiger partial charge on any atom is -0.207 e. The van der Waals surface area contributed by atoms with Crippen molar-refractivity contribution < 1.29 is 4.39 Å². The van der Waals surface area contributed by atoms with E-state index in [0.717, 1.165) is 11.1 Å². The lowest BCUT2D eigenvalue weighted by Gasteiger charge is -1.97. The van der Waals surface area contributed by atoms with Gasteiger partial charge in [0, 0.05) is 6.57 Å². The zero-order chi connectivity index (χ0) is 9.56. The Bertz CT molecular complexity index is 289. The maximum atomic E-state index is 12.4. The summed E-state index contributed by atoms with van der Waals surface area (Å²) in [7, 11) is 0. The Morgan fingerprint density at radius 2 is 2.08 bits per heavy atom. The van der Waals surface area contributed by atoms with Crippen LogP contribution in [0.3, 0.4) is 0 Å². The first-order valence-corrected chi connectivity index (χ1v) is 3.38. The molecule has 0 radical (unpaired) electrons. The van der Waals surface area contributed by atoms with Gasteiger partial charge in [-0.25, -0.2) is 9.65 Å². The van der Waals surface area contributed by atoms with E-state index in [1.807, 2.05) is 6.92 Å². The Kier molecular flexibility index (Phi) is 4.40. The molecule has 0 N–H and O–H groups in total. The van der Waals surface area contributed by atoms with Crippen LogP contribution in [0.4, 0.5) is 4.39 Å². The average molecular weight is 163 g/mol. The number of benzene rings is 1. The number of halogens is 1. The van der Waals surface area contributed by atoms with E-state index in [1.54, 1.807) is 12.1 Å². The van der Waals surface area contributed by atoms with Crippen molar-refractivity contribution in [1.29, 1.82) is 5.26 Å². The number of hydrogen-bond donors (Lipinski definition) is 0. The average Bonchev–Trinajstić information content (AvgIpc) is 2.08. The maximum absolute atomic E-state index is 12.4. The minimum atomic E-state index is -0.192. The summed E-state index contributed by atoms with van der Waals surface area (Å²) in [6.07, 6.45) is 1.72. The third-order valence-corrected chi connectivity index (χ3v) is 1.45. The third-order valence-electron chi connectivity index (χ3n) is 1.45. The predicted octanol–water partition coefficient (Wildman–Crippen LogP) is 2.92. The van der Waals surface area contributed by atoms with Crippen LogP contribution >= 0.6 is 0 Å². The van der Waals surface area contributed by atoms with Crippen LogP contribution in [-0.2, 0) is 0 Å². The third kappa shape index (κ3) is 2.55. The molecule has 0 amide bonds. The van der Waals surface area contributed by atoms with Gasteiger partial charge in [-0.15, -0.1) is 0 Å². The van der Waals surface area contributed by atoms with Crippen LogP contribution in [0.25, 0.3) is 6.08 Å². The molecule has 0 fully saturated rings. The molecule has 0 aliphatic rings. The lowest BCUT2D eigenvalue weighted by molar-refractivity contribution is 0.626. The fourth-order valence-electron chi connectivity index (χ4n) is 0.868. The molecule has 0 saturated carbocycles. The molecule has 12 heavy (non-hydrogen) atoms. The van der Waals surface area contributed by atoms with Gasteiger partial charge >= 0.3 is 0 Å². The molecular formula is C10H10FN. The van der Waals surface area contributed by atoms with E-state index >= 15 is 0 Å². The lowest BCUT2D eigenvalue weighted by Crippen LogP contribution is -1.81. The highest BCUT2D eigenvalue weighted by molar-refractivity contribution is 5.51. The highest BCUT2D eigenvalue weighted by atomic mass is 19.1. The molecule has 2 heteroatoms. The molecular weight excluding hydrogens is 153 g/mol. The fraction of sp³-hybridized carbons (Fsp3) is 0.100. The van der Waals surface area contributed by atoms with Crippen molar-refractivity contribution in [3.8, 4) is 6.57 Å². The van der Waals surface area contributed by atoms with E-state index < -0.39 is 0 Å². The van der Waals surface area contributed by atoms with E-state index in [4.69, 9.17) is 5.26 Å². The van der Waals surface area contributed by atoms with E-state index in [0.29, 0.717) is 0 Å². The van der Waals surface area contributed by atoms with Crippen LogP contribution in [0, 0.1) is 24.6 Å². The second-order valence-corrected chi connectivity index (χ2v) is 2.21. The summed E-state index contributed by atoms with van der Waals surface area (Å²) >= 11 is 0. The van der Waals surface area contributed by atoms with Crippen molar-refractivity contribution in [2.24, 2.45) is 0 Å². The molecule has 0 atom stereocenters. The normalized spacial score (nSPS) is 8.00. The van der Waals surface area contributed by atoms with Crippen molar-refractivity contribution in [1.82, 2.24) is 0 Å².